The molecule has 0 radical (unpaired) electrons. The number of hydrogen-bond donors (Lipinski definition) is 0. The predicted octanol–water partition coefficient (Wildman–Crippen LogP) is 3.42. The minimum atomic E-state index is -0.619. The molecule has 0 spiro atoms. The molecule has 0 aromatic rings. The lowest BCUT2D eigenvalue weighted by Crippen LogP contribution is -2.02. The van der Waals surface area contributed by atoms with Gasteiger partial charge < -0.3 is 4.74 Å². The largest absolute Gasteiger partial charge is 0.463 e. The fourth-order valence-corrected chi connectivity index (χ4v) is 1.24. The van der Waals surface area contributed by atoms with E-state index in [1.54, 1.807) is 0 Å². The molecule has 0 rings (SSSR count). The molecule has 0 N–H and O–H groups in total. The average molecular weight is 216 g/mol. The van der Waals surface area contributed by atoms with Crippen LogP contribution in [0.5, 0.6) is 0 Å². The maximum atomic E-state index is 11.6. The van der Waals surface area contributed by atoms with Gasteiger partial charge in [0.25, 0.3) is 0 Å². The van der Waals surface area contributed by atoms with Gasteiger partial charge in [0, 0.05) is 6.08 Å². The van der Waals surface area contributed by atoms with Crippen LogP contribution in [0.15, 0.2) is 12.2 Å². The van der Waals surface area contributed by atoms with E-state index >= 15 is 0 Å². The van der Waals surface area contributed by atoms with Crippen LogP contribution in [-0.2, 0) is 9.53 Å². The topological polar surface area (TPSA) is 26.3 Å². The third kappa shape index (κ3) is 11.1. The normalized spacial score (nSPS) is 10.8. The third-order valence-corrected chi connectivity index (χ3v) is 2.09. The first kappa shape index (κ1) is 14.1. The van der Waals surface area contributed by atoms with Crippen LogP contribution in [-0.4, -0.2) is 19.3 Å². The van der Waals surface area contributed by atoms with E-state index in [-0.39, 0.29) is 0 Å². The van der Waals surface area contributed by atoms with Crippen molar-refractivity contribution < 1.29 is 13.9 Å². The Kier molecular flexibility index (Phi) is 10.6. The molecule has 0 aliphatic heterocycles. The zero-order valence-corrected chi connectivity index (χ0v) is 9.51. The molecular weight excluding hydrogens is 195 g/mol. The molecule has 15 heavy (non-hydrogen) atoms. The fourth-order valence-electron chi connectivity index (χ4n) is 1.24. The second kappa shape index (κ2) is 11.2. The van der Waals surface area contributed by atoms with E-state index in [1.165, 1.54) is 25.7 Å². The molecule has 88 valence electrons. The summed E-state index contributed by atoms with van der Waals surface area (Å²) < 4.78 is 16.5. The van der Waals surface area contributed by atoms with Gasteiger partial charge in [0.1, 0.15) is 6.67 Å². The van der Waals surface area contributed by atoms with Gasteiger partial charge in [-0.15, -0.1) is 0 Å². The summed E-state index contributed by atoms with van der Waals surface area (Å²) in [7, 11) is 0. The Balaban J connectivity index is 3.16. The first-order valence-electron chi connectivity index (χ1n) is 5.70. The lowest BCUT2D eigenvalue weighted by molar-refractivity contribution is -0.137. The molecule has 3 heteroatoms. The van der Waals surface area contributed by atoms with Crippen LogP contribution in [0.4, 0.5) is 4.39 Å². The van der Waals surface area contributed by atoms with Gasteiger partial charge >= 0.3 is 5.97 Å². The summed E-state index contributed by atoms with van der Waals surface area (Å²) >= 11 is 0. The number of esters is 1. The maximum absolute atomic E-state index is 11.6. The molecule has 0 heterocycles. The average Bonchev–Trinajstić information content (AvgIpc) is 2.25. The van der Waals surface area contributed by atoms with Gasteiger partial charge in [0.15, 0.2) is 0 Å². The smallest absolute Gasteiger partial charge is 0.330 e. The molecule has 0 amide bonds. The van der Waals surface area contributed by atoms with Crippen LogP contribution < -0.4 is 0 Å². The number of carbonyl (C=O) groups excluding carboxylic acids is 1. The van der Waals surface area contributed by atoms with Gasteiger partial charge in [0.2, 0.25) is 0 Å². The van der Waals surface area contributed by atoms with Gasteiger partial charge in [-0.1, -0.05) is 39.0 Å². The number of unbranched alkanes of at least 4 members (excludes halogenated alkanes) is 5. The second-order valence-corrected chi connectivity index (χ2v) is 3.49. The van der Waals surface area contributed by atoms with Crippen molar-refractivity contribution in [3.63, 3.8) is 0 Å². The SMILES string of the molecule is CCCCCCCCOC(=O)/C=C/CF. The highest BCUT2D eigenvalue weighted by molar-refractivity contribution is 5.81. The summed E-state index contributed by atoms with van der Waals surface area (Å²) in [6, 6.07) is 0. The van der Waals surface area contributed by atoms with Gasteiger partial charge in [-0.3, -0.25) is 0 Å². The molecule has 0 aliphatic carbocycles. The highest BCUT2D eigenvalue weighted by Gasteiger charge is 1.96. The zero-order valence-electron chi connectivity index (χ0n) is 9.51. The van der Waals surface area contributed by atoms with Gasteiger partial charge in [-0.25, -0.2) is 9.18 Å². The highest BCUT2D eigenvalue weighted by atomic mass is 19.1. The quantitative estimate of drug-likeness (QED) is 0.335. The Morgan fingerprint density at radius 3 is 2.53 bits per heavy atom. The fraction of sp³-hybridized carbons (Fsp3) is 0.750. The van der Waals surface area contributed by atoms with Gasteiger partial charge in [0.05, 0.1) is 6.61 Å². The summed E-state index contributed by atoms with van der Waals surface area (Å²) in [5.41, 5.74) is 0. The van der Waals surface area contributed by atoms with Gasteiger partial charge in [-0.2, -0.15) is 0 Å². The van der Waals surface area contributed by atoms with E-state index in [4.69, 9.17) is 4.74 Å². The van der Waals surface area contributed by atoms with Crippen molar-refractivity contribution >= 4 is 5.97 Å². The summed E-state index contributed by atoms with van der Waals surface area (Å²) in [6.07, 6.45) is 9.26. The van der Waals surface area contributed by atoms with E-state index in [2.05, 4.69) is 6.92 Å². The summed E-state index contributed by atoms with van der Waals surface area (Å²) in [6.45, 7) is 2.01. The molecule has 0 unspecified atom stereocenters. The van der Waals surface area contributed by atoms with Crippen LogP contribution in [0.2, 0.25) is 0 Å². The number of carbonyl (C=O) groups is 1. The number of rotatable bonds is 9. The molecule has 0 aliphatic rings. The monoisotopic (exact) mass is 216 g/mol. The van der Waals surface area contributed by atoms with Crippen molar-refractivity contribution in [2.45, 2.75) is 45.4 Å². The number of halogens is 1. The van der Waals surface area contributed by atoms with E-state index in [1.807, 2.05) is 0 Å². The Hall–Kier alpha value is -0.860. The van der Waals surface area contributed by atoms with Crippen molar-refractivity contribution in [1.82, 2.24) is 0 Å². The second-order valence-electron chi connectivity index (χ2n) is 3.49. The van der Waals surface area contributed by atoms with Crippen LogP contribution in [0.3, 0.4) is 0 Å². The first-order chi connectivity index (χ1) is 7.31. The van der Waals surface area contributed by atoms with Crippen molar-refractivity contribution in [3.8, 4) is 0 Å². The molecule has 0 bridgehead atoms. The molecule has 2 nitrogen and oxygen atoms in total. The Morgan fingerprint density at radius 2 is 1.87 bits per heavy atom. The first-order valence-corrected chi connectivity index (χ1v) is 5.70. The van der Waals surface area contributed by atoms with Crippen LogP contribution in [0.1, 0.15) is 45.4 Å². The van der Waals surface area contributed by atoms with Crippen molar-refractivity contribution in [2.24, 2.45) is 0 Å². The van der Waals surface area contributed by atoms with Crippen LogP contribution >= 0.6 is 0 Å². The molecule has 0 aromatic heterocycles. The Labute approximate surface area is 91.5 Å². The number of ether oxygens (including phenoxy) is 1. The molecule has 0 saturated heterocycles. The van der Waals surface area contributed by atoms with Crippen LogP contribution in [0, 0.1) is 0 Å². The van der Waals surface area contributed by atoms with E-state index in [9.17, 15) is 9.18 Å². The van der Waals surface area contributed by atoms with Crippen molar-refractivity contribution in [3.05, 3.63) is 12.2 Å². The summed E-state index contributed by atoms with van der Waals surface area (Å²) in [5, 5.41) is 0. The van der Waals surface area contributed by atoms with E-state index < -0.39 is 12.6 Å². The van der Waals surface area contributed by atoms with E-state index in [0.29, 0.717) is 6.61 Å². The maximum Gasteiger partial charge on any atom is 0.330 e. The lowest BCUT2D eigenvalue weighted by Gasteiger charge is -2.01. The minimum absolute atomic E-state index is 0.443. The lowest BCUT2D eigenvalue weighted by atomic mass is 10.1. The molecule has 0 aromatic carbocycles. The van der Waals surface area contributed by atoms with Crippen LogP contribution in [0.25, 0.3) is 0 Å². The Morgan fingerprint density at radius 1 is 1.20 bits per heavy atom. The molecular formula is C12H21FO2. The number of hydrogen-bond acceptors (Lipinski definition) is 2. The zero-order chi connectivity index (χ0) is 11.4. The summed E-state index contributed by atoms with van der Waals surface area (Å²) in [4.78, 5) is 10.9. The number of alkyl halides is 1. The third-order valence-electron chi connectivity index (χ3n) is 2.09. The van der Waals surface area contributed by atoms with E-state index in [0.717, 1.165) is 25.0 Å². The number of allylic oxidation sites excluding steroid dienone is 1. The Bertz CT molecular complexity index is 178. The van der Waals surface area contributed by atoms with Gasteiger partial charge in [-0.05, 0) is 12.5 Å². The minimum Gasteiger partial charge on any atom is -0.463 e. The van der Waals surface area contributed by atoms with Crippen molar-refractivity contribution in [2.75, 3.05) is 13.3 Å². The standard InChI is InChI=1S/C12H21FO2/c1-2-3-4-5-6-7-11-15-12(14)9-8-10-13/h8-9H,2-7,10-11H2,1H3/b9-8+. The molecule has 0 saturated carbocycles. The predicted molar refractivity (Wildman–Crippen MR) is 59.5 cm³/mol. The molecule has 0 atom stereocenters. The van der Waals surface area contributed by atoms with Crippen molar-refractivity contribution in [1.29, 1.82) is 0 Å². The molecule has 0 fully saturated rings. The summed E-state index contributed by atoms with van der Waals surface area (Å²) in [5.74, 6) is -0.443. The highest BCUT2D eigenvalue weighted by Crippen LogP contribution is 2.04.